The first kappa shape index (κ1) is 18.1. The molecule has 0 spiro atoms. The molecule has 0 bridgehead atoms. The highest BCUT2D eigenvalue weighted by Gasteiger charge is 2.33. The highest BCUT2D eigenvalue weighted by molar-refractivity contribution is 8.93. The Labute approximate surface area is 105 Å². The van der Waals surface area contributed by atoms with Crippen molar-refractivity contribution in [1.29, 1.82) is 0 Å². The summed E-state index contributed by atoms with van der Waals surface area (Å²) >= 11 is 0. The van der Waals surface area contributed by atoms with Crippen molar-refractivity contribution in [2.24, 2.45) is 5.73 Å². The Morgan fingerprint density at radius 1 is 1.44 bits per heavy atom. The molecular formula is C10H20BrF2NO2. The Morgan fingerprint density at radius 3 is 2.44 bits per heavy atom. The molecule has 0 aliphatic rings. The van der Waals surface area contributed by atoms with Gasteiger partial charge in [-0.3, -0.25) is 4.79 Å². The van der Waals surface area contributed by atoms with E-state index >= 15 is 0 Å². The van der Waals surface area contributed by atoms with Gasteiger partial charge in [0.25, 0.3) is 0 Å². The van der Waals surface area contributed by atoms with Crippen LogP contribution >= 0.6 is 17.0 Å². The Balaban J connectivity index is 0. The second-order valence-electron chi connectivity index (χ2n) is 3.65. The standard InChI is InChI=1S/C10H19F2NO2.BrH/c1-3-4-5-6-10(11,12)7-8(13)9(14)15-2;/h8H,3-7,13H2,1-2H3;1H/t8-;/m0./s1. The number of esters is 1. The Morgan fingerprint density at radius 2 is 2.00 bits per heavy atom. The van der Waals surface area contributed by atoms with Gasteiger partial charge in [-0.25, -0.2) is 8.78 Å². The van der Waals surface area contributed by atoms with Crippen molar-refractivity contribution in [2.75, 3.05) is 7.11 Å². The van der Waals surface area contributed by atoms with Gasteiger partial charge >= 0.3 is 5.97 Å². The third kappa shape index (κ3) is 7.98. The summed E-state index contributed by atoms with van der Waals surface area (Å²) in [6.45, 7) is 1.94. The van der Waals surface area contributed by atoms with Gasteiger partial charge in [0.05, 0.1) is 7.11 Å². The van der Waals surface area contributed by atoms with Crippen LogP contribution in [0.3, 0.4) is 0 Å². The summed E-state index contributed by atoms with van der Waals surface area (Å²) in [5, 5.41) is 0. The normalized spacial score (nSPS) is 12.8. The van der Waals surface area contributed by atoms with Crippen LogP contribution in [0.4, 0.5) is 8.78 Å². The highest BCUT2D eigenvalue weighted by Crippen LogP contribution is 2.26. The van der Waals surface area contributed by atoms with Gasteiger partial charge in [-0.2, -0.15) is 0 Å². The molecule has 3 nitrogen and oxygen atoms in total. The smallest absolute Gasteiger partial charge is 0.322 e. The number of halogens is 3. The van der Waals surface area contributed by atoms with E-state index in [1.165, 1.54) is 0 Å². The second-order valence-corrected chi connectivity index (χ2v) is 3.65. The van der Waals surface area contributed by atoms with Crippen molar-refractivity contribution in [2.45, 2.75) is 51.0 Å². The third-order valence-electron chi connectivity index (χ3n) is 2.17. The number of nitrogens with two attached hydrogens (primary N) is 1. The maximum atomic E-state index is 13.2. The predicted octanol–water partition coefficient (Wildman–Crippen LogP) is 2.67. The molecule has 0 aliphatic heterocycles. The minimum absolute atomic E-state index is 0. The number of unbranched alkanes of at least 4 members (excludes halogenated alkanes) is 2. The first-order chi connectivity index (χ1) is 6.93. The van der Waals surface area contributed by atoms with Crippen LogP contribution in [0.15, 0.2) is 0 Å². The van der Waals surface area contributed by atoms with E-state index in [0.717, 1.165) is 20.0 Å². The lowest BCUT2D eigenvalue weighted by molar-refractivity contribution is -0.145. The van der Waals surface area contributed by atoms with Crippen LogP contribution in [0, 0.1) is 0 Å². The first-order valence-electron chi connectivity index (χ1n) is 5.14. The zero-order chi connectivity index (χ0) is 11.9. The fraction of sp³-hybridized carbons (Fsp3) is 0.900. The lowest BCUT2D eigenvalue weighted by Gasteiger charge is -2.19. The van der Waals surface area contributed by atoms with E-state index in [4.69, 9.17) is 5.73 Å². The van der Waals surface area contributed by atoms with Crippen LogP contribution in [-0.4, -0.2) is 25.0 Å². The summed E-state index contributed by atoms with van der Waals surface area (Å²) in [4.78, 5) is 10.8. The number of hydrogen-bond donors (Lipinski definition) is 1. The molecule has 0 aromatic rings. The zero-order valence-corrected chi connectivity index (χ0v) is 11.4. The average molecular weight is 304 g/mol. The Hall–Kier alpha value is -0.230. The van der Waals surface area contributed by atoms with Crippen LogP contribution < -0.4 is 5.73 Å². The van der Waals surface area contributed by atoms with Crippen molar-refractivity contribution in [3.8, 4) is 0 Å². The summed E-state index contributed by atoms with van der Waals surface area (Å²) in [6, 6.07) is -1.23. The van der Waals surface area contributed by atoms with Gasteiger partial charge in [0.1, 0.15) is 6.04 Å². The van der Waals surface area contributed by atoms with Crippen LogP contribution in [0.2, 0.25) is 0 Å². The van der Waals surface area contributed by atoms with E-state index in [0.29, 0.717) is 6.42 Å². The number of ether oxygens (including phenoxy) is 1. The summed E-state index contributed by atoms with van der Waals surface area (Å²) in [5.41, 5.74) is 5.26. The van der Waals surface area contributed by atoms with Gasteiger partial charge in [-0.1, -0.05) is 19.8 Å². The molecular weight excluding hydrogens is 284 g/mol. The molecule has 16 heavy (non-hydrogen) atoms. The minimum atomic E-state index is -2.87. The van der Waals surface area contributed by atoms with Crippen molar-refractivity contribution in [1.82, 2.24) is 0 Å². The zero-order valence-electron chi connectivity index (χ0n) is 9.67. The predicted molar refractivity (Wildman–Crippen MR) is 64.0 cm³/mol. The largest absolute Gasteiger partial charge is 0.468 e. The van der Waals surface area contributed by atoms with Gasteiger partial charge in [-0.05, 0) is 6.42 Å². The van der Waals surface area contributed by atoms with Crippen LogP contribution in [0.1, 0.15) is 39.0 Å². The molecule has 0 unspecified atom stereocenters. The third-order valence-corrected chi connectivity index (χ3v) is 2.17. The number of alkyl halides is 2. The van der Waals surface area contributed by atoms with Gasteiger partial charge < -0.3 is 10.5 Å². The SMILES string of the molecule is Br.CCCCCC(F)(F)C[C@H](N)C(=O)OC. The molecule has 0 aliphatic carbocycles. The van der Waals surface area contributed by atoms with Crippen LogP contribution in [0.5, 0.6) is 0 Å². The van der Waals surface area contributed by atoms with Gasteiger partial charge in [0, 0.05) is 12.8 Å². The van der Waals surface area contributed by atoms with Crippen molar-refractivity contribution >= 4 is 23.0 Å². The second kappa shape index (κ2) is 8.87. The van der Waals surface area contributed by atoms with Gasteiger partial charge in [0.15, 0.2) is 0 Å². The van der Waals surface area contributed by atoms with Crippen molar-refractivity contribution < 1.29 is 18.3 Å². The molecule has 0 rings (SSSR count). The van der Waals surface area contributed by atoms with Gasteiger partial charge in [0.2, 0.25) is 5.92 Å². The lowest BCUT2D eigenvalue weighted by atomic mass is 10.0. The number of carbonyl (C=O) groups is 1. The molecule has 0 aromatic carbocycles. The molecule has 0 radical (unpaired) electrons. The van der Waals surface area contributed by atoms with E-state index in [9.17, 15) is 13.6 Å². The van der Waals surface area contributed by atoms with E-state index in [1.54, 1.807) is 0 Å². The summed E-state index contributed by atoms with van der Waals surface area (Å²) < 4.78 is 30.7. The molecule has 0 saturated carbocycles. The molecule has 0 aromatic heterocycles. The highest BCUT2D eigenvalue weighted by atomic mass is 79.9. The summed E-state index contributed by atoms with van der Waals surface area (Å²) in [6.07, 6.45) is 1.26. The van der Waals surface area contributed by atoms with E-state index in [2.05, 4.69) is 4.74 Å². The Bertz CT molecular complexity index is 203. The fourth-order valence-electron chi connectivity index (χ4n) is 1.29. The molecule has 2 N–H and O–H groups in total. The molecule has 0 heterocycles. The molecule has 98 valence electrons. The quantitative estimate of drug-likeness (QED) is 0.581. The summed E-state index contributed by atoms with van der Waals surface area (Å²) in [7, 11) is 1.14. The van der Waals surface area contributed by atoms with Crippen LogP contribution in [-0.2, 0) is 9.53 Å². The topological polar surface area (TPSA) is 52.3 Å². The molecule has 1 atom stereocenters. The van der Waals surface area contributed by atoms with Gasteiger partial charge in [-0.15, -0.1) is 17.0 Å². The number of methoxy groups -OCH3 is 1. The van der Waals surface area contributed by atoms with E-state index in [-0.39, 0.29) is 23.4 Å². The minimum Gasteiger partial charge on any atom is -0.468 e. The number of hydrogen-bond acceptors (Lipinski definition) is 3. The van der Waals surface area contributed by atoms with Crippen molar-refractivity contribution in [3.63, 3.8) is 0 Å². The molecule has 0 saturated heterocycles. The maximum Gasteiger partial charge on any atom is 0.322 e. The van der Waals surface area contributed by atoms with Crippen molar-refractivity contribution in [3.05, 3.63) is 0 Å². The lowest BCUT2D eigenvalue weighted by Crippen LogP contribution is -2.37. The summed E-state index contributed by atoms with van der Waals surface area (Å²) in [5.74, 6) is -3.66. The Kier molecular flexibility index (Phi) is 10.1. The van der Waals surface area contributed by atoms with Crippen LogP contribution in [0.25, 0.3) is 0 Å². The molecule has 6 heteroatoms. The monoisotopic (exact) mass is 303 g/mol. The van der Waals surface area contributed by atoms with E-state index in [1.807, 2.05) is 6.92 Å². The molecule has 0 fully saturated rings. The fourth-order valence-corrected chi connectivity index (χ4v) is 1.29. The molecule has 0 amide bonds. The first-order valence-corrected chi connectivity index (χ1v) is 5.14. The maximum absolute atomic E-state index is 13.2. The van der Waals surface area contributed by atoms with E-state index < -0.39 is 24.4 Å². The number of rotatable bonds is 7. The number of carbonyl (C=O) groups excluding carboxylic acids is 1. The average Bonchev–Trinajstić information content (AvgIpc) is 2.16.